The van der Waals surface area contributed by atoms with Gasteiger partial charge >= 0.3 is 21.7 Å². The Morgan fingerprint density at radius 2 is 1.15 bits per heavy atom. The van der Waals surface area contributed by atoms with Crippen molar-refractivity contribution in [3.63, 3.8) is 0 Å². The molecule has 2 nitrogen and oxygen atoms in total. The molecular weight excluding hydrogens is 200 g/mol. The van der Waals surface area contributed by atoms with Crippen LogP contribution in [0.4, 0.5) is 0 Å². The van der Waals surface area contributed by atoms with E-state index in [1.165, 1.54) is 0 Å². The van der Waals surface area contributed by atoms with E-state index in [0.29, 0.717) is 0 Å². The number of hydrogen-bond donors (Lipinski definition) is 0. The zero-order valence-corrected chi connectivity index (χ0v) is 8.76. The fourth-order valence-corrected chi connectivity index (χ4v) is 0.883. The molecule has 0 aliphatic rings. The third-order valence-corrected chi connectivity index (χ3v) is 1.44. The summed E-state index contributed by atoms with van der Waals surface area (Å²) < 4.78 is 0. The van der Waals surface area contributed by atoms with Crippen LogP contribution in [-0.2, 0) is 32.7 Å². The summed E-state index contributed by atoms with van der Waals surface area (Å²) in [5.74, 6) is 0. The van der Waals surface area contributed by atoms with Crippen molar-refractivity contribution in [1.29, 1.82) is 0 Å². The zero-order chi connectivity index (χ0) is 7.40. The van der Waals surface area contributed by atoms with Crippen LogP contribution in [0.5, 0.6) is 0 Å². The van der Waals surface area contributed by atoms with Gasteiger partial charge in [-0.2, -0.15) is 0 Å². The molecule has 1 aromatic carbocycles. The van der Waals surface area contributed by atoms with E-state index in [1.807, 2.05) is 36.4 Å². The van der Waals surface area contributed by atoms with Crippen LogP contribution in [0.2, 0.25) is 0 Å². The van der Waals surface area contributed by atoms with Gasteiger partial charge in [0.2, 0.25) is 0 Å². The molecule has 0 heterocycles. The summed E-state index contributed by atoms with van der Waals surface area (Å²) in [6.07, 6.45) is 3.66. The summed E-state index contributed by atoms with van der Waals surface area (Å²) in [6.45, 7) is 7.38. The Hall–Kier alpha value is -0.666. The Labute approximate surface area is 93.5 Å². The van der Waals surface area contributed by atoms with Crippen LogP contribution >= 0.6 is 0 Å². The van der Waals surface area contributed by atoms with Crippen molar-refractivity contribution in [2.24, 2.45) is 0 Å². The molecule has 0 spiro atoms. The minimum absolute atomic E-state index is 0. The van der Waals surface area contributed by atoms with Crippen LogP contribution in [0, 0.1) is 0 Å². The second-order valence-corrected chi connectivity index (χ2v) is 2.04. The average Bonchev–Trinajstić information content (AvgIpc) is 2.04. The van der Waals surface area contributed by atoms with E-state index in [2.05, 4.69) is 13.2 Å². The van der Waals surface area contributed by atoms with Crippen LogP contribution in [0.15, 0.2) is 37.4 Å². The van der Waals surface area contributed by atoms with Crippen LogP contribution in [0.1, 0.15) is 11.1 Å². The Balaban J connectivity index is -0.000000333. The molecule has 13 heavy (non-hydrogen) atoms. The first kappa shape index (κ1) is 18.2. The van der Waals surface area contributed by atoms with Crippen LogP contribution < -0.4 is 0 Å². The molecule has 3 heteroatoms. The predicted molar refractivity (Wildman–Crippen MR) is 48.0 cm³/mol. The van der Waals surface area contributed by atoms with Gasteiger partial charge in [-0.25, -0.2) is 0 Å². The monoisotopic (exact) mass is 210 g/mol. The normalized spacial score (nSPS) is 6.77. The molecule has 0 atom stereocenters. The zero-order valence-electron chi connectivity index (χ0n) is 7.19. The van der Waals surface area contributed by atoms with Crippen molar-refractivity contribution in [3.05, 3.63) is 48.6 Å². The van der Waals surface area contributed by atoms with Crippen molar-refractivity contribution in [3.8, 4) is 0 Å². The van der Waals surface area contributed by atoms with Crippen molar-refractivity contribution >= 4 is 12.2 Å². The van der Waals surface area contributed by atoms with Gasteiger partial charge in [0.05, 0.1) is 0 Å². The summed E-state index contributed by atoms with van der Waals surface area (Å²) in [6, 6.07) is 8.02. The fourth-order valence-electron chi connectivity index (χ4n) is 0.883. The maximum Gasteiger partial charge on any atom is 4.00 e. The summed E-state index contributed by atoms with van der Waals surface area (Å²) in [7, 11) is 0. The Morgan fingerprint density at radius 3 is 1.38 bits per heavy atom. The van der Waals surface area contributed by atoms with Crippen molar-refractivity contribution in [1.82, 2.24) is 0 Å². The van der Waals surface area contributed by atoms with Gasteiger partial charge in [0, 0.05) is 0 Å². The van der Waals surface area contributed by atoms with E-state index in [0.717, 1.165) is 11.1 Å². The Morgan fingerprint density at radius 1 is 0.846 bits per heavy atom. The second-order valence-electron chi connectivity index (χ2n) is 2.04. The smallest absolute Gasteiger partial charge is 2.00 e. The number of hydrogen-bond acceptors (Lipinski definition) is 0. The fraction of sp³-hybridized carbons (Fsp3) is 0. The quantitative estimate of drug-likeness (QED) is 0.674. The Bertz CT molecular complexity index is 232. The molecule has 0 N–H and O–H groups in total. The van der Waals surface area contributed by atoms with Gasteiger partial charge in [-0.1, -0.05) is 49.6 Å². The molecule has 0 fully saturated rings. The molecule has 0 aliphatic carbocycles. The van der Waals surface area contributed by atoms with E-state index in [-0.39, 0.29) is 32.7 Å². The van der Waals surface area contributed by atoms with Gasteiger partial charge in [-0.05, 0) is 11.1 Å². The summed E-state index contributed by atoms with van der Waals surface area (Å²) in [5, 5.41) is 0. The molecule has 0 aromatic heterocycles. The van der Waals surface area contributed by atoms with E-state index in [9.17, 15) is 0 Å². The largest absolute Gasteiger partial charge is 4.00 e. The van der Waals surface area contributed by atoms with Crippen LogP contribution in [0.25, 0.3) is 12.2 Å². The minimum atomic E-state index is 0. The van der Waals surface area contributed by atoms with Gasteiger partial charge in [0.25, 0.3) is 0 Å². The molecule has 0 saturated carbocycles. The van der Waals surface area contributed by atoms with Gasteiger partial charge < -0.3 is 11.0 Å². The van der Waals surface area contributed by atoms with Crippen molar-refractivity contribution in [2.45, 2.75) is 0 Å². The molecule has 0 bridgehead atoms. The van der Waals surface area contributed by atoms with Crippen LogP contribution in [-0.4, -0.2) is 0 Å². The third kappa shape index (κ3) is 4.81. The standard InChI is InChI=1S/C10H10.2O.Ti/c1-3-9-7-5-6-8-10(9)4-2;;;/h3-8H,1-2H2;;;/q;2*-2;+4. The van der Waals surface area contributed by atoms with Gasteiger partial charge in [0.1, 0.15) is 0 Å². The molecular formula is C10H10O2Ti. The number of rotatable bonds is 2. The minimum Gasteiger partial charge on any atom is -2.00 e. The van der Waals surface area contributed by atoms with E-state index in [4.69, 9.17) is 0 Å². The predicted octanol–water partition coefficient (Wildman–Crippen LogP) is 2.73. The van der Waals surface area contributed by atoms with Gasteiger partial charge in [-0.3, -0.25) is 0 Å². The van der Waals surface area contributed by atoms with Gasteiger partial charge in [0.15, 0.2) is 0 Å². The molecule has 0 aliphatic heterocycles. The SMILES string of the molecule is C=Cc1ccccc1C=C.[O-2].[O-2].[Ti+4]. The first-order valence-corrected chi connectivity index (χ1v) is 3.22. The maximum atomic E-state index is 3.69. The van der Waals surface area contributed by atoms with Crippen molar-refractivity contribution in [2.75, 3.05) is 0 Å². The summed E-state index contributed by atoms with van der Waals surface area (Å²) in [5.41, 5.74) is 2.27. The molecule has 1 aromatic rings. The maximum absolute atomic E-state index is 3.69. The molecule has 0 unspecified atom stereocenters. The van der Waals surface area contributed by atoms with E-state index in [1.54, 1.807) is 0 Å². The first-order chi connectivity index (χ1) is 4.88. The average molecular weight is 210 g/mol. The second kappa shape index (κ2) is 9.42. The summed E-state index contributed by atoms with van der Waals surface area (Å²) >= 11 is 0. The first-order valence-electron chi connectivity index (χ1n) is 3.22. The molecule has 0 radical (unpaired) electrons. The van der Waals surface area contributed by atoms with Crippen LogP contribution in [0.3, 0.4) is 0 Å². The number of benzene rings is 1. The summed E-state index contributed by atoms with van der Waals surface area (Å²) in [4.78, 5) is 0. The molecule has 0 saturated heterocycles. The Kier molecular flexibility index (Phi) is 13.2. The molecule has 66 valence electrons. The van der Waals surface area contributed by atoms with E-state index >= 15 is 0 Å². The molecule has 1 rings (SSSR count). The topological polar surface area (TPSA) is 57.0 Å². The van der Waals surface area contributed by atoms with E-state index < -0.39 is 0 Å². The van der Waals surface area contributed by atoms with Crippen molar-refractivity contribution < 1.29 is 32.7 Å². The third-order valence-electron chi connectivity index (χ3n) is 1.44. The molecule has 0 amide bonds. The van der Waals surface area contributed by atoms with Gasteiger partial charge in [-0.15, -0.1) is 0 Å².